The Morgan fingerprint density at radius 2 is 1.63 bits per heavy atom. The summed E-state index contributed by atoms with van der Waals surface area (Å²) < 4.78 is 73.3. The lowest BCUT2D eigenvalue weighted by Gasteiger charge is -2.23. The van der Waals surface area contributed by atoms with Gasteiger partial charge in [-0.1, -0.05) is 53.5 Å². The average molecular weight is 547 g/mol. The number of alkyl halides is 3. The van der Waals surface area contributed by atoms with Crippen LogP contribution in [0.1, 0.15) is 11.1 Å². The number of hydrogen-bond donors (Lipinski definition) is 1. The van der Waals surface area contributed by atoms with Gasteiger partial charge < -0.3 is 10.1 Å². The highest BCUT2D eigenvalue weighted by molar-refractivity contribution is 7.89. The van der Waals surface area contributed by atoms with Crippen LogP contribution in [0.25, 0.3) is 0 Å². The third kappa shape index (κ3) is 6.66. The summed E-state index contributed by atoms with van der Waals surface area (Å²) in [4.78, 5) is 12.5. The van der Waals surface area contributed by atoms with Crippen LogP contribution in [0.2, 0.25) is 10.0 Å². The van der Waals surface area contributed by atoms with E-state index in [4.69, 9.17) is 27.9 Å². The van der Waals surface area contributed by atoms with Crippen molar-refractivity contribution in [3.63, 3.8) is 0 Å². The van der Waals surface area contributed by atoms with E-state index in [1.165, 1.54) is 31.4 Å². The van der Waals surface area contributed by atoms with Crippen molar-refractivity contribution >= 4 is 44.8 Å². The number of nitrogens with zero attached hydrogens (tertiary/aromatic N) is 1. The predicted molar refractivity (Wildman–Crippen MR) is 127 cm³/mol. The fourth-order valence-electron chi connectivity index (χ4n) is 3.21. The van der Waals surface area contributed by atoms with E-state index in [1.807, 2.05) is 0 Å². The van der Waals surface area contributed by atoms with E-state index in [2.05, 4.69) is 5.32 Å². The normalized spacial score (nSPS) is 12.0. The van der Waals surface area contributed by atoms with Crippen molar-refractivity contribution in [3.05, 3.63) is 87.9 Å². The van der Waals surface area contributed by atoms with Gasteiger partial charge in [-0.2, -0.15) is 17.5 Å². The molecule has 0 bridgehead atoms. The van der Waals surface area contributed by atoms with E-state index in [0.717, 1.165) is 10.4 Å². The van der Waals surface area contributed by atoms with Gasteiger partial charge in [-0.05, 0) is 42.0 Å². The number of benzene rings is 3. The number of carbonyl (C=O) groups excluding carboxylic acids is 1. The second-order valence-corrected chi connectivity index (χ2v) is 10.1. The molecule has 0 heterocycles. The molecule has 0 radical (unpaired) electrons. The second kappa shape index (κ2) is 10.9. The van der Waals surface area contributed by atoms with Crippen LogP contribution in [0, 0.1) is 0 Å². The first-order valence-electron chi connectivity index (χ1n) is 9.96. The maximum atomic E-state index is 13.5. The molecule has 12 heteroatoms. The van der Waals surface area contributed by atoms with Crippen molar-refractivity contribution in [2.24, 2.45) is 0 Å². The number of methoxy groups -OCH3 is 1. The summed E-state index contributed by atoms with van der Waals surface area (Å²) in [7, 11) is -3.10. The Bertz CT molecular complexity index is 1320. The highest BCUT2D eigenvalue weighted by atomic mass is 35.5. The standard InChI is InChI=1S/C23H19Cl2F3N2O4S/c1-34-20-10-8-17(25)12-21(20)35(32,33)30(13-15-5-3-2-4-6-15)14-22(31)29-19-9-7-16(24)11-18(19)23(26,27)28/h2-12H,13-14H2,1H3,(H,29,31). The zero-order chi connectivity index (χ0) is 25.8. The number of hydrogen-bond acceptors (Lipinski definition) is 4. The Morgan fingerprint density at radius 1 is 1.00 bits per heavy atom. The van der Waals surface area contributed by atoms with Crippen LogP contribution in [0.3, 0.4) is 0 Å². The number of ether oxygens (including phenoxy) is 1. The van der Waals surface area contributed by atoms with Gasteiger partial charge in [-0.3, -0.25) is 4.79 Å². The van der Waals surface area contributed by atoms with Crippen LogP contribution in [-0.2, 0) is 27.5 Å². The summed E-state index contributed by atoms with van der Waals surface area (Å²) in [5, 5.41) is 2.09. The molecule has 1 N–H and O–H groups in total. The fraction of sp³-hybridized carbons (Fsp3) is 0.174. The van der Waals surface area contributed by atoms with Gasteiger partial charge in [0.15, 0.2) is 0 Å². The van der Waals surface area contributed by atoms with Crippen molar-refractivity contribution in [1.82, 2.24) is 4.31 Å². The molecule has 0 aliphatic rings. The monoisotopic (exact) mass is 546 g/mol. The van der Waals surface area contributed by atoms with E-state index in [9.17, 15) is 26.4 Å². The topological polar surface area (TPSA) is 75.7 Å². The number of nitrogens with one attached hydrogen (secondary N) is 1. The second-order valence-electron chi connectivity index (χ2n) is 7.29. The molecule has 0 fully saturated rings. The summed E-state index contributed by atoms with van der Waals surface area (Å²) in [5.74, 6) is -0.997. The Hall–Kier alpha value is -2.79. The molecule has 0 unspecified atom stereocenters. The largest absolute Gasteiger partial charge is 0.495 e. The molecular weight excluding hydrogens is 528 g/mol. The number of halogens is 5. The van der Waals surface area contributed by atoms with Crippen molar-refractivity contribution in [1.29, 1.82) is 0 Å². The number of carbonyl (C=O) groups is 1. The maximum Gasteiger partial charge on any atom is 0.418 e. The number of anilines is 1. The van der Waals surface area contributed by atoms with Gasteiger partial charge in [0.1, 0.15) is 10.6 Å². The van der Waals surface area contributed by atoms with E-state index in [0.29, 0.717) is 11.6 Å². The molecule has 0 spiro atoms. The molecule has 0 saturated heterocycles. The molecule has 6 nitrogen and oxygen atoms in total. The van der Waals surface area contributed by atoms with Gasteiger partial charge in [0.05, 0.1) is 24.9 Å². The quantitative estimate of drug-likeness (QED) is 0.384. The van der Waals surface area contributed by atoms with Gasteiger partial charge in [0.25, 0.3) is 0 Å². The molecule has 35 heavy (non-hydrogen) atoms. The van der Waals surface area contributed by atoms with Crippen LogP contribution in [0.4, 0.5) is 18.9 Å². The smallest absolute Gasteiger partial charge is 0.418 e. The zero-order valence-electron chi connectivity index (χ0n) is 18.1. The van der Waals surface area contributed by atoms with E-state index < -0.39 is 39.9 Å². The lowest BCUT2D eigenvalue weighted by Crippen LogP contribution is -2.38. The van der Waals surface area contributed by atoms with E-state index >= 15 is 0 Å². The van der Waals surface area contributed by atoms with Crippen molar-refractivity contribution in [3.8, 4) is 5.75 Å². The number of amides is 1. The summed E-state index contributed by atoms with van der Waals surface area (Å²) in [6, 6.07) is 15.2. The summed E-state index contributed by atoms with van der Waals surface area (Å²) in [5.41, 5.74) is -1.16. The highest BCUT2D eigenvalue weighted by Gasteiger charge is 2.35. The first kappa shape index (κ1) is 26.8. The van der Waals surface area contributed by atoms with Crippen molar-refractivity contribution in [2.75, 3.05) is 19.0 Å². The van der Waals surface area contributed by atoms with Gasteiger partial charge in [0.2, 0.25) is 15.9 Å². The minimum absolute atomic E-state index is 0.00933. The Labute approximate surface area is 210 Å². The molecule has 0 aromatic heterocycles. The minimum Gasteiger partial charge on any atom is -0.495 e. The fourth-order valence-corrected chi connectivity index (χ4v) is 5.19. The van der Waals surface area contributed by atoms with Crippen LogP contribution in [0.15, 0.2) is 71.6 Å². The Morgan fingerprint density at radius 3 is 2.26 bits per heavy atom. The predicted octanol–water partition coefficient (Wildman–Crippen LogP) is 5.85. The molecule has 0 atom stereocenters. The van der Waals surface area contributed by atoms with Crippen LogP contribution in [-0.4, -0.2) is 32.3 Å². The zero-order valence-corrected chi connectivity index (χ0v) is 20.5. The highest BCUT2D eigenvalue weighted by Crippen LogP contribution is 2.36. The molecule has 186 valence electrons. The van der Waals surface area contributed by atoms with E-state index in [-0.39, 0.29) is 27.2 Å². The number of rotatable bonds is 8. The first-order chi connectivity index (χ1) is 16.4. The average Bonchev–Trinajstić information content (AvgIpc) is 2.79. The van der Waals surface area contributed by atoms with Crippen molar-refractivity contribution in [2.45, 2.75) is 17.6 Å². The van der Waals surface area contributed by atoms with Crippen molar-refractivity contribution < 1.29 is 31.1 Å². The molecule has 0 aliphatic heterocycles. The van der Waals surface area contributed by atoms with Crippen LogP contribution in [0.5, 0.6) is 5.75 Å². The van der Waals surface area contributed by atoms with E-state index in [1.54, 1.807) is 30.3 Å². The third-order valence-electron chi connectivity index (χ3n) is 4.83. The molecule has 1 amide bonds. The summed E-state index contributed by atoms with van der Waals surface area (Å²) in [6.07, 6.45) is -4.79. The Kier molecular flexibility index (Phi) is 8.32. The molecule has 0 saturated carbocycles. The molecule has 3 aromatic rings. The number of sulfonamides is 1. The SMILES string of the molecule is COc1ccc(Cl)cc1S(=O)(=O)N(CC(=O)Nc1ccc(Cl)cc1C(F)(F)F)Cc1ccccc1. The molecule has 0 aliphatic carbocycles. The van der Waals surface area contributed by atoms with Gasteiger partial charge in [0, 0.05) is 16.6 Å². The summed E-state index contributed by atoms with van der Waals surface area (Å²) >= 11 is 11.7. The van der Waals surface area contributed by atoms with Crippen LogP contribution >= 0.6 is 23.2 Å². The van der Waals surface area contributed by atoms with Crippen LogP contribution < -0.4 is 10.1 Å². The lowest BCUT2D eigenvalue weighted by molar-refractivity contribution is -0.137. The van der Waals surface area contributed by atoms with Gasteiger partial charge >= 0.3 is 6.18 Å². The lowest BCUT2D eigenvalue weighted by atomic mass is 10.1. The van der Waals surface area contributed by atoms with Gasteiger partial charge in [-0.15, -0.1) is 0 Å². The molecule has 3 rings (SSSR count). The summed E-state index contributed by atoms with van der Waals surface area (Å²) in [6.45, 7) is -1.02. The minimum atomic E-state index is -4.79. The third-order valence-corrected chi connectivity index (χ3v) is 7.11. The Balaban J connectivity index is 1.98. The maximum absolute atomic E-state index is 13.5. The molecular formula is C23H19Cl2F3N2O4S. The molecule has 3 aromatic carbocycles. The van der Waals surface area contributed by atoms with Gasteiger partial charge in [-0.25, -0.2) is 8.42 Å². The first-order valence-corrected chi connectivity index (χ1v) is 12.2.